The fourth-order valence-electron chi connectivity index (χ4n) is 3.49. The third-order valence-electron chi connectivity index (χ3n) is 5.03. The van der Waals surface area contributed by atoms with Gasteiger partial charge in [0.15, 0.2) is 0 Å². The van der Waals surface area contributed by atoms with Gasteiger partial charge in [0.2, 0.25) is 11.8 Å². The van der Waals surface area contributed by atoms with Gasteiger partial charge in [-0.05, 0) is 48.5 Å². The van der Waals surface area contributed by atoms with Gasteiger partial charge in [-0.15, -0.1) is 0 Å². The number of anilines is 2. The van der Waals surface area contributed by atoms with E-state index in [1.165, 1.54) is 13.8 Å². The van der Waals surface area contributed by atoms with Gasteiger partial charge in [0.1, 0.15) is 11.5 Å². The average Bonchev–Trinajstić information content (AvgIpc) is 3.42. The molecule has 0 atom stereocenters. The van der Waals surface area contributed by atoms with Gasteiger partial charge in [-0.3, -0.25) is 19.0 Å². The van der Waals surface area contributed by atoms with Crippen molar-refractivity contribution in [2.24, 2.45) is 14.1 Å². The number of benzene rings is 2. The van der Waals surface area contributed by atoms with Crippen molar-refractivity contribution in [3.05, 3.63) is 60.9 Å². The van der Waals surface area contributed by atoms with Crippen LogP contribution in [0.25, 0.3) is 22.5 Å². The van der Waals surface area contributed by atoms with Gasteiger partial charge in [-0.1, -0.05) is 0 Å². The fourth-order valence-corrected chi connectivity index (χ4v) is 3.49. The highest BCUT2D eigenvalue weighted by Crippen LogP contribution is 2.32. The number of aromatic hydroxyl groups is 1. The predicted molar refractivity (Wildman–Crippen MR) is 134 cm³/mol. The smallest absolute Gasteiger partial charge is 0.221 e. The first-order valence-electron chi connectivity index (χ1n) is 10.7. The molecule has 2 aromatic heterocycles. The maximum Gasteiger partial charge on any atom is 0.221 e. The number of aryl methyl sites for hydroxylation is 2. The molecule has 2 amide bonds. The van der Waals surface area contributed by atoms with Gasteiger partial charge in [-0.2, -0.15) is 10.2 Å². The molecule has 10 nitrogen and oxygen atoms in total. The van der Waals surface area contributed by atoms with E-state index in [0.717, 1.165) is 28.4 Å². The van der Waals surface area contributed by atoms with Crippen molar-refractivity contribution >= 4 is 23.2 Å². The number of nitrogens with zero attached hydrogens (tertiary/aromatic N) is 4. The van der Waals surface area contributed by atoms with Crippen LogP contribution in [-0.4, -0.2) is 43.6 Å². The summed E-state index contributed by atoms with van der Waals surface area (Å²) >= 11 is 0. The largest absolute Gasteiger partial charge is 0.507 e. The number of carbonyl (C=O) groups excluding carboxylic acids is 2. The number of amides is 2. The van der Waals surface area contributed by atoms with E-state index in [4.69, 9.17) is 4.74 Å². The third-order valence-corrected chi connectivity index (χ3v) is 5.03. The summed E-state index contributed by atoms with van der Waals surface area (Å²) in [6, 6.07) is 14.1. The molecule has 4 rings (SSSR count). The van der Waals surface area contributed by atoms with Crippen molar-refractivity contribution in [3.63, 3.8) is 0 Å². The molecule has 0 aliphatic rings. The molecule has 4 aromatic rings. The minimum atomic E-state index is -0.147. The van der Waals surface area contributed by atoms with E-state index in [-0.39, 0.29) is 17.6 Å². The molecule has 0 saturated heterocycles. The fraction of sp³-hybridized carbons (Fsp3) is 0.200. The Morgan fingerprint density at radius 1 is 0.800 bits per heavy atom. The summed E-state index contributed by atoms with van der Waals surface area (Å²) in [6.45, 7) is 2.92. The molecular formula is C25H28N6O4. The van der Waals surface area contributed by atoms with Crippen LogP contribution in [0.4, 0.5) is 11.4 Å². The van der Waals surface area contributed by atoms with Crippen LogP contribution in [-0.2, 0) is 23.7 Å². The molecule has 0 radical (unpaired) electrons. The molecule has 0 aliphatic carbocycles. The lowest BCUT2D eigenvalue weighted by Crippen LogP contribution is -2.06. The van der Waals surface area contributed by atoms with Gasteiger partial charge >= 0.3 is 0 Å². The topological polar surface area (TPSA) is 123 Å². The highest BCUT2D eigenvalue weighted by atomic mass is 16.5. The first-order chi connectivity index (χ1) is 16.7. The number of methoxy groups -OCH3 is 1. The van der Waals surface area contributed by atoms with Crippen molar-refractivity contribution in [1.29, 1.82) is 0 Å². The Labute approximate surface area is 203 Å². The van der Waals surface area contributed by atoms with Gasteiger partial charge in [0.25, 0.3) is 0 Å². The molecule has 0 unspecified atom stereocenters. The molecule has 0 aliphatic heterocycles. The van der Waals surface area contributed by atoms with Crippen LogP contribution in [0.3, 0.4) is 0 Å². The molecule has 2 aromatic carbocycles. The van der Waals surface area contributed by atoms with Crippen LogP contribution in [0.15, 0.2) is 60.9 Å². The Bertz CT molecular complexity index is 1340. The van der Waals surface area contributed by atoms with E-state index in [0.29, 0.717) is 11.3 Å². The second-order valence-electron chi connectivity index (χ2n) is 7.69. The predicted octanol–water partition coefficient (Wildman–Crippen LogP) is 3.81. The molecule has 0 fully saturated rings. The minimum Gasteiger partial charge on any atom is -0.507 e. The number of ether oxygens (including phenoxy) is 1. The Kier molecular flexibility index (Phi) is 7.88. The molecular weight excluding hydrogens is 448 g/mol. The molecule has 0 spiro atoms. The average molecular weight is 477 g/mol. The maximum atomic E-state index is 11.1. The zero-order chi connectivity index (χ0) is 25.5. The second-order valence-corrected chi connectivity index (χ2v) is 7.69. The van der Waals surface area contributed by atoms with Gasteiger partial charge in [0.05, 0.1) is 18.5 Å². The molecule has 10 heteroatoms. The summed E-state index contributed by atoms with van der Waals surface area (Å²) in [5.74, 6) is 0.651. The number of nitrogens with one attached hydrogen (secondary N) is 2. The number of phenolic OH excluding ortho intramolecular Hbond substituents is 1. The van der Waals surface area contributed by atoms with Crippen LogP contribution in [0.2, 0.25) is 0 Å². The van der Waals surface area contributed by atoms with E-state index < -0.39 is 0 Å². The summed E-state index contributed by atoms with van der Waals surface area (Å²) in [5, 5.41) is 23.4. The Morgan fingerprint density at radius 3 is 1.74 bits per heavy atom. The summed E-state index contributed by atoms with van der Waals surface area (Å²) in [6.07, 6.45) is 3.37. The van der Waals surface area contributed by atoms with Crippen molar-refractivity contribution in [3.8, 4) is 34.0 Å². The Morgan fingerprint density at radius 2 is 1.29 bits per heavy atom. The lowest BCUT2D eigenvalue weighted by Gasteiger charge is -2.11. The van der Waals surface area contributed by atoms with Crippen molar-refractivity contribution < 1.29 is 19.4 Å². The number of carbonyl (C=O) groups is 2. The van der Waals surface area contributed by atoms with Crippen LogP contribution in [0.1, 0.15) is 13.8 Å². The van der Waals surface area contributed by atoms with Crippen molar-refractivity contribution in [2.75, 3.05) is 17.7 Å². The summed E-state index contributed by atoms with van der Waals surface area (Å²) < 4.78 is 8.75. The van der Waals surface area contributed by atoms with Crippen LogP contribution in [0.5, 0.6) is 11.5 Å². The van der Waals surface area contributed by atoms with E-state index >= 15 is 0 Å². The van der Waals surface area contributed by atoms with E-state index in [9.17, 15) is 14.7 Å². The minimum absolute atomic E-state index is 0.101. The standard InChI is InChI=1S/C13H15N3O2.C12H13N3O2/c1-9(17)15-10-4-5-13(18-3)11(8-10)12-6-7-14-16(12)2;1-8(16)14-9-3-4-12(17)10(7-9)11-5-6-13-15(11)2/h4-8H,1-3H3,(H,15,17);3-7,17H,1-2H3,(H,14,16). The van der Waals surface area contributed by atoms with Crippen LogP contribution >= 0.6 is 0 Å². The zero-order valence-corrected chi connectivity index (χ0v) is 20.2. The summed E-state index contributed by atoms with van der Waals surface area (Å²) in [7, 11) is 5.27. The van der Waals surface area contributed by atoms with E-state index in [2.05, 4.69) is 20.8 Å². The monoisotopic (exact) mass is 476 g/mol. The highest BCUT2D eigenvalue weighted by Gasteiger charge is 2.11. The number of rotatable bonds is 5. The van der Waals surface area contributed by atoms with E-state index in [1.807, 2.05) is 25.2 Å². The number of aromatic nitrogens is 4. The highest BCUT2D eigenvalue weighted by molar-refractivity contribution is 5.90. The molecule has 2 heterocycles. The zero-order valence-electron chi connectivity index (χ0n) is 20.2. The molecule has 182 valence electrons. The lowest BCUT2D eigenvalue weighted by molar-refractivity contribution is -0.115. The van der Waals surface area contributed by atoms with Crippen molar-refractivity contribution in [2.45, 2.75) is 13.8 Å². The number of hydrogen-bond donors (Lipinski definition) is 3. The summed E-state index contributed by atoms with van der Waals surface area (Å²) in [4.78, 5) is 22.0. The first-order valence-corrected chi connectivity index (χ1v) is 10.7. The number of hydrogen-bond acceptors (Lipinski definition) is 6. The Balaban J connectivity index is 0.000000196. The molecule has 35 heavy (non-hydrogen) atoms. The molecule has 0 saturated carbocycles. The van der Waals surface area contributed by atoms with Gasteiger partial charge in [-0.25, -0.2) is 0 Å². The second kappa shape index (κ2) is 11.0. The van der Waals surface area contributed by atoms with Crippen molar-refractivity contribution in [1.82, 2.24) is 19.6 Å². The van der Waals surface area contributed by atoms with Crippen LogP contribution < -0.4 is 15.4 Å². The first kappa shape index (κ1) is 25.0. The third kappa shape index (κ3) is 6.26. The van der Waals surface area contributed by atoms with Crippen LogP contribution in [0, 0.1) is 0 Å². The van der Waals surface area contributed by atoms with Gasteiger partial charge < -0.3 is 20.5 Å². The normalized spacial score (nSPS) is 10.2. The number of phenols is 1. The molecule has 3 N–H and O–H groups in total. The van der Waals surface area contributed by atoms with E-state index in [1.54, 1.807) is 66.2 Å². The van der Waals surface area contributed by atoms with Gasteiger partial charge in [0, 0.05) is 62.8 Å². The lowest BCUT2D eigenvalue weighted by atomic mass is 10.1. The Hall–Kier alpha value is -4.60. The maximum absolute atomic E-state index is 11.1. The summed E-state index contributed by atoms with van der Waals surface area (Å²) in [5.41, 5.74) is 4.62. The quantitative estimate of drug-likeness (QED) is 0.377. The molecule has 0 bridgehead atoms. The SMILES string of the molecule is CC(=O)Nc1ccc(O)c(-c2ccnn2C)c1.COc1ccc(NC(C)=O)cc1-c1ccnn1C.